The number of fused-ring (bicyclic) bond motifs is 1. The minimum absolute atomic E-state index is 0.0485. The molecule has 7 nitrogen and oxygen atoms in total. The molecule has 1 unspecified atom stereocenters. The van der Waals surface area contributed by atoms with Crippen molar-refractivity contribution in [3.8, 4) is 0 Å². The zero-order valence-corrected chi connectivity index (χ0v) is 18.8. The molecule has 3 heterocycles. The van der Waals surface area contributed by atoms with Crippen LogP contribution in [-0.2, 0) is 23.6 Å². The van der Waals surface area contributed by atoms with Gasteiger partial charge in [0.2, 0.25) is 10.0 Å². The molecule has 166 valence electrons. The van der Waals surface area contributed by atoms with Gasteiger partial charge in [-0.2, -0.15) is 9.40 Å². The van der Waals surface area contributed by atoms with E-state index in [9.17, 15) is 13.2 Å². The van der Waals surface area contributed by atoms with Gasteiger partial charge in [0.25, 0.3) is 5.91 Å². The maximum atomic E-state index is 13.4. The summed E-state index contributed by atoms with van der Waals surface area (Å²) in [5.41, 5.74) is 3.91. The Kier molecular flexibility index (Phi) is 5.35. The average Bonchev–Trinajstić information content (AvgIpc) is 3.50. The van der Waals surface area contributed by atoms with Crippen molar-refractivity contribution < 1.29 is 13.2 Å². The second-order valence-corrected chi connectivity index (χ2v) is 10.5. The Morgan fingerprint density at radius 1 is 1.03 bits per heavy atom. The number of sulfonamides is 1. The van der Waals surface area contributed by atoms with Crippen LogP contribution in [0.3, 0.4) is 0 Å². The van der Waals surface area contributed by atoms with E-state index in [4.69, 9.17) is 0 Å². The van der Waals surface area contributed by atoms with Crippen LogP contribution in [0.15, 0.2) is 65.8 Å². The molecule has 0 spiro atoms. The molecule has 0 N–H and O–H groups in total. The third kappa shape index (κ3) is 3.73. The van der Waals surface area contributed by atoms with Gasteiger partial charge in [0.05, 0.1) is 11.1 Å². The van der Waals surface area contributed by atoms with E-state index in [1.54, 1.807) is 28.9 Å². The predicted octanol–water partition coefficient (Wildman–Crippen LogP) is 2.99. The molecule has 2 aliphatic rings. The van der Waals surface area contributed by atoms with Gasteiger partial charge in [-0.15, -0.1) is 0 Å². The fourth-order valence-corrected chi connectivity index (χ4v) is 6.21. The van der Waals surface area contributed by atoms with Crippen LogP contribution < -0.4 is 0 Å². The zero-order valence-electron chi connectivity index (χ0n) is 18.0. The number of hydrogen-bond donors (Lipinski definition) is 0. The number of aryl methyl sites for hydroxylation is 1. The monoisotopic (exact) mass is 450 g/mol. The largest absolute Gasteiger partial charge is 0.333 e. The van der Waals surface area contributed by atoms with Gasteiger partial charge in [-0.1, -0.05) is 24.3 Å². The van der Waals surface area contributed by atoms with Crippen LogP contribution in [0.4, 0.5) is 0 Å². The molecule has 0 radical (unpaired) electrons. The molecule has 1 saturated heterocycles. The number of aromatic nitrogens is 2. The van der Waals surface area contributed by atoms with Crippen molar-refractivity contribution in [3.63, 3.8) is 0 Å². The molecule has 0 saturated carbocycles. The van der Waals surface area contributed by atoms with E-state index in [1.807, 2.05) is 36.5 Å². The summed E-state index contributed by atoms with van der Waals surface area (Å²) in [6.45, 7) is 2.20. The summed E-state index contributed by atoms with van der Waals surface area (Å²) >= 11 is 0. The van der Waals surface area contributed by atoms with Gasteiger partial charge in [-0.3, -0.25) is 9.48 Å². The summed E-state index contributed by atoms with van der Waals surface area (Å²) in [6.07, 6.45) is 5.63. The highest BCUT2D eigenvalue weighted by atomic mass is 32.2. The van der Waals surface area contributed by atoms with E-state index < -0.39 is 10.0 Å². The SMILES string of the molecule is Cn1cc(C2CN(C(=O)c3ccc(S(=O)(=O)N4CCCC4)cc3)Cc3ccccc32)cn1. The molecule has 3 aromatic rings. The van der Waals surface area contributed by atoms with Crippen LogP contribution in [0.2, 0.25) is 0 Å². The van der Waals surface area contributed by atoms with Crippen molar-refractivity contribution in [3.05, 3.63) is 83.2 Å². The highest BCUT2D eigenvalue weighted by Gasteiger charge is 2.31. The Bertz CT molecular complexity index is 1240. The molecular formula is C24H26N4O3S. The van der Waals surface area contributed by atoms with Crippen molar-refractivity contribution >= 4 is 15.9 Å². The Morgan fingerprint density at radius 2 is 1.75 bits per heavy atom. The first-order chi connectivity index (χ1) is 15.4. The van der Waals surface area contributed by atoms with Crippen molar-refractivity contribution in [2.24, 2.45) is 7.05 Å². The smallest absolute Gasteiger partial charge is 0.254 e. The van der Waals surface area contributed by atoms with Gasteiger partial charge in [0.1, 0.15) is 0 Å². The molecule has 0 bridgehead atoms. The lowest BCUT2D eigenvalue weighted by Gasteiger charge is -2.34. The Labute approximate surface area is 188 Å². The fraction of sp³-hybridized carbons (Fsp3) is 0.333. The summed E-state index contributed by atoms with van der Waals surface area (Å²) in [4.78, 5) is 15.4. The molecule has 2 aromatic carbocycles. The Balaban J connectivity index is 1.41. The van der Waals surface area contributed by atoms with E-state index in [0.717, 1.165) is 24.0 Å². The fourth-order valence-electron chi connectivity index (χ4n) is 4.70. The summed E-state index contributed by atoms with van der Waals surface area (Å²) in [5.74, 6) is -0.0501. The van der Waals surface area contributed by atoms with Crippen LogP contribution in [0.5, 0.6) is 0 Å². The minimum atomic E-state index is -3.49. The second-order valence-electron chi connectivity index (χ2n) is 8.52. The third-order valence-corrected chi connectivity index (χ3v) is 8.33. The number of rotatable bonds is 4. The number of carbonyl (C=O) groups is 1. The van der Waals surface area contributed by atoms with E-state index in [1.165, 1.54) is 9.87 Å². The van der Waals surface area contributed by atoms with Crippen LogP contribution in [-0.4, -0.2) is 52.9 Å². The molecule has 1 aromatic heterocycles. The molecule has 0 aliphatic carbocycles. The van der Waals surface area contributed by atoms with Gasteiger partial charge in [0.15, 0.2) is 0 Å². The first-order valence-electron chi connectivity index (χ1n) is 10.9. The maximum absolute atomic E-state index is 13.4. The molecule has 5 rings (SSSR count). The van der Waals surface area contributed by atoms with Crippen molar-refractivity contribution in [1.82, 2.24) is 19.0 Å². The first kappa shape index (κ1) is 20.9. The highest BCUT2D eigenvalue weighted by Crippen LogP contribution is 2.34. The van der Waals surface area contributed by atoms with Crippen LogP contribution in [0, 0.1) is 0 Å². The van der Waals surface area contributed by atoms with Gasteiger partial charge >= 0.3 is 0 Å². The van der Waals surface area contributed by atoms with Crippen molar-refractivity contribution in [1.29, 1.82) is 0 Å². The van der Waals surface area contributed by atoms with E-state index in [-0.39, 0.29) is 16.7 Å². The topological polar surface area (TPSA) is 75.5 Å². The molecule has 1 fully saturated rings. The van der Waals surface area contributed by atoms with Crippen LogP contribution in [0.25, 0.3) is 0 Å². The third-order valence-electron chi connectivity index (χ3n) is 6.41. The minimum Gasteiger partial charge on any atom is -0.333 e. The lowest BCUT2D eigenvalue weighted by Crippen LogP contribution is -2.38. The lowest BCUT2D eigenvalue weighted by molar-refractivity contribution is 0.0725. The highest BCUT2D eigenvalue weighted by molar-refractivity contribution is 7.89. The number of amides is 1. The van der Waals surface area contributed by atoms with Crippen LogP contribution in [0.1, 0.15) is 45.8 Å². The van der Waals surface area contributed by atoms with Gasteiger partial charge in [-0.25, -0.2) is 8.42 Å². The standard InChI is InChI=1S/C24H26N4O3S/c1-26-15-20(14-25-26)23-17-27(16-19-6-2-3-7-22(19)23)24(29)18-8-10-21(11-9-18)32(30,31)28-12-4-5-13-28/h2-3,6-11,14-15,23H,4-5,12-13,16-17H2,1H3. The summed E-state index contributed by atoms with van der Waals surface area (Å²) in [5, 5.41) is 4.31. The second kappa shape index (κ2) is 8.18. The summed E-state index contributed by atoms with van der Waals surface area (Å²) in [7, 11) is -1.60. The molecule has 1 amide bonds. The Hall–Kier alpha value is -2.97. The van der Waals surface area contributed by atoms with Crippen molar-refractivity contribution in [2.45, 2.75) is 30.2 Å². The average molecular weight is 451 g/mol. The van der Waals surface area contributed by atoms with Gasteiger partial charge < -0.3 is 4.90 Å². The van der Waals surface area contributed by atoms with Crippen LogP contribution >= 0.6 is 0 Å². The molecule has 1 atom stereocenters. The van der Waals surface area contributed by atoms with E-state index >= 15 is 0 Å². The van der Waals surface area contributed by atoms with Crippen molar-refractivity contribution in [2.75, 3.05) is 19.6 Å². The number of hydrogen-bond acceptors (Lipinski definition) is 4. The molecular weight excluding hydrogens is 424 g/mol. The molecule has 8 heteroatoms. The number of benzene rings is 2. The summed E-state index contributed by atoms with van der Waals surface area (Å²) < 4.78 is 28.9. The molecule has 32 heavy (non-hydrogen) atoms. The summed E-state index contributed by atoms with van der Waals surface area (Å²) in [6, 6.07) is 14.6. The number of carbonyl (C=O) groups excluding carboxylic acids is 1. The van der Waals surface area contributed by atoms with E-state index in [2.05, 4.69) is 17.2 Å². The normalized spacial score (nSPS) is 19.2. The quantitative estimate of drug-likeness (QED) is 0.612. The first-order valence-corrected chi connectivity index (χ1v) is 12.3. The number of nitrogens with zero attached hydrogens (tertiary/aromatic N) is 4. The van der Waals surface area contributed by atoms with Gasteiger partial charge in [0, 0.05) is 50.9 Å². The van der Waals surface area contributed by atoms with E-state index in [0.29, 0.717) is 31.7 Å². The maximum Gasteiger partial charge on any atom is 0.254 e. The van der Waals surface area contributed by atoms with Gasteiger partial charge in [-0.05, 0) is 53.8 Å². The zero-order chi connectivity index (χ0) is 22.3. The predicted molar refractivity (Wildman–Crippen MR) is 121 cm³/mol. The Morgan fingerprint density at radius 3 is 2.44 bits per heavy atom. The molecule has 2 aliphatic heterocycles. The lowest BCUT2D eigenvalue weighted by atomic mass is 9.86.